The first-order chi connectivity index (χ1) is 5.52. The monoisotopic (exact) mass is 256 g/mol. The van der Waals surface area contributed by atoms with Gasteiger partial charge in [0.2, 0.25) is 0 Å². The van der Waals surface area contributed by atoms with Crippen molar-refractivity contribution in [2.24, 2.45) is 0 Å². The number of halogens is 4. The van der Waals surface area contributed by atoms with Crippen molar-refractivity contribution in [3.05, 3.63) is 21.4 Å². The van der Waals surface area contributed by atoms with Crippen molar-refractivity contribution in [3.8, 4) is 0 Å². The molecule has 1 aromatic heterocycles. The van der Waals surface area contributed by atoms with Crippen LogP contribution < -0.4 is 5.73 Å². The van der Waals surface area contributed by atoms with Gasteiger partial charge in [-0.2, -0.15) is 0 Å². The van der Waals surface area contributed by atoms with Gasteiger partial charge in [0.05, 0.1) is 10.7 Å². The van der Waals surface area contributed by atoms with E-state index in [0.29, 0.717) is 0 Å². The number of nitrogen functional groups attached to an aromatic ring is 1. The topological polar surface area (TPSA) is 38.9 Å². The van der Waals surface area contributed by atoms with Crippen LogP contribution in [0.5, 0.6) is 0 Å². The Balaban J connectivity index is 3.21. The molecule has 1 rings (SSSR count). The largest absolute Gasteiger partial charge is 0.397 e. The van der Waals surface area contributed by atoms with E-state index in [9.17, 15) is 8.78 Å². The molecule has 0 aliphatic heterocycles. The highest BCUT2D eigenvalue weighted by Crippen LogP contribution is 2.30. The summed E-state index contributed by atoms with van der Waals surface area (Å²) < 4.78 is 24.3. The summed E-state index contributed by atoms with van der Waals surface area (Å²) in [4.78, 5) is 3.49. The Labute approximate surface area is 80.9 Å². The van der Waals surface area contributed by atoms with Crippen molar-refractivity contribution in [3.63, 3.8) is 0 Å². The normalized spacial score (nSPS) is 10.8. The molecular formula is C6H4BrClF2N2. The number of pyridine rings is 1. The minimum absolute atomic E-state index is 0.0915. The zero-order chi connectivity index (χ0) is 9.30. The third-order valence-corrected chi connectivity index (χ3v) is 2.39. The van der Waals surface area contributed by atoms with Crippen LogP contribution in [0.15, 0.2) is 10.7 Å². The van der Waals surface area contributed by atoms with Crippen molar-refractivity contribution >= 4 is 33.2 Å². The van der Waals surface area contributed by atoms with Crippen LogP contribution in [0.25, 0.3) is 0 Å². The summed E-state index contributed by atoms with van der Waals surface area (Å²) in [6, 6.07) is 1.05. The van der Waals surface area contributed by atoms with E-state index in [4.69, 9.17) is 17.3 Å². The van der Waals surface area contributed by atoms with Crippen molar-refractivity contribution in [1.29, 1.82) is 0 Å². The number of anilines is 1. The van der Waals surface area contributed by atoms with E-state index in [1.807, 2.05) is 0 Å². The van der Waals surface area contributed by atoms with Crippen LogP contribution >= 0.6 is 27.5 Å². The zero-order valence-electron chi connectivity index (χ0n) is 5.69. The summed E-state index contributed by atoms with van der Waals surface area (Å²) in [6.07, 6.45) is -2.64. The Bertz CT molecular complexity index is 283. The van der Waals surface area contributed by atoms with Crippen LogP contribution in [-0.4, -0.2) is 4.98 Å². The van der Waals surface area contributed by atoms with Gasteiger partial charge in [-0.15, -0.1) is 0 Å². The van der Waals surface area contributed by atoms with Crippen LogP contribution in [0.3, 0.4) is 0 Å². The molecule has 2 N–H and O–H groups in total. The predicted molar refractivity (Wildman–Crippen MR) is 46.3 cm³/mol. The highest BCUT2D eigenvalue weighted by molar-refractivity contribution is 9.10. The Morgan fingerprint density at radius 2 is 2.17 bits per heavy atom. The second kappa shape index (κ2) is 3.53. The van der Waals surface area contributed by atoms with Crippen LogP contribution in [-0.2, 0) is 0 Å². The van der Waals surface area contributed by atoms with E-state index < -0.39 is 6.43 Å². The second-order valence-electron chi connectivity index (χ2n) is 2.04. The maximum atomic E-state index is 12.1. The third kappa shape index (κ3) is 1.84. The van der Waals surface area contributed by atoms with Gasteiger partial charge in [-0.1, -0.05) is 11.6 Å². The molecule has 0 fully saturated rings. The molecule has 0 saturated carbocycles. The Morgan fingerprint density at radius 1 is 1.58 bits per heavy atom. The van der Waals surface area contributed by atoms with E-state index in [-0.39, 0.29) is 21.0 Å². The smallest absolute Gasteiger partial charge is 0.280 e. The van der Waals surface area contributed by atoms with Gasteiger partial charge in [0.25, 0.3) is 6.43 Å². The molecule has 0 unspecified atom stereocenters. The van der Waals surface area contributed by atoms with E-state index in [1.54, 1.807) is 0 Å². The minimum atomic E-state index is -2.64. The molecule has 0 aliphatic carbocycles. The molecule has 66 valence electrons. The molecule has 0 spiro atoms. The van der Waals surface area contributed by atoms with Gasteiger partial charge < -0.3 is 5.73 Å². The zero-order valence-corrected chi connectivity index (χ0v) is 8.03. The first-order valence-electron chi connectivity index (χ1n) is 2.92. The molecule has 0 aliphatic rings. The van der Waals surface area contributed by atoms with Gasteiger partial charge >= 0.3 is 0 Å². The molecule has 0 saturated heterocycles. The van der Waals surface area contributed by atoms with E-state index in [0.717, 1.165) is 6.07 Å². The number of rotatable bonds is 1. The molecular weight excluding hydrogens is 253 g/mol. The maximum absolute atomic E-state index is 12.1. The number of hydrogen-bond acceptors (Lipinski definition) is 2. The number of alkyl halides is 2. The van der Waals surface area contributed by atoms with E-state index in [1.165, 1.54) is 0 Å². The number of nitrogens with two attached hydrogens (primary N) is 1. The lowest BCUT2D eigenvalue weighted by Gasteiger charge is -2.03. The lowest BCUT2D eigenvalue weighted by Crippen LogP contribution is -1.96. The molecule has 0 atom stereocenters. The van der Waals surface area contributed by atoms with Crippen molar-refractivity contribution in [1.82, 2.24) is 4.98 Å². The van der Waals surface area contributed by atoms with Crippen molar-refractivity contribution < 1.29 is 8.78 Å². The summed E-state index contributed by atoms with van der Waals surface area (Å²) in [5, 5.41) is 0.152. The van der Waals surface area contributed by atoms with Gasteiger partial charge in [-0.05, 0) is 22.0 Å². The quantitative estimate of drug-likeness (QED) is 0.786. The van der Waals surface area contributed by atoms with Gasteiger partial charge in [0.15, 0.2) is 0 Å². The third-order valence-electron chi connectivity index (χ3n) is 1.19. The van der Waals surface area contributed by atoms with Crippen LogP contribution in [0.2, 0.25) is 5.02 Å². The average molecular weight is 257 g/mol. The molecule has 0 bridgehead atoms. The van der Waals surface area contributed by atoms with Crippen LogP contribution in [0, 0.1) is 0 Å². The molecule has 2 nitrogen and oxygen atoms in total. The van der Waals surface area contributed by atoms with Crippen molar-refractivity contribution in [2.75, 3.05) is 5.73 Å². The fourth-order valence-corrected chi connectivity index (χ4v) is 1.18. The average Bonchev–Trinajstić information content (AvgIpc) is 1.99. The highest BCUT2D eigenvalue weighted by Gasteiger charge is 2.13. The lowest BCUT2D eigenvalue weighted by molar-refractivity contribution is 0.146. The fraction of sp³-hybridized carbons (Fsp3) is 0.167. The van der Waals surface area contributed by atoms with Crippen LogP contribution in [0.4, 0.5) is 14.5 Å². The van der Waals surface area contributed by atoms with Gasteiger partial charge in [0, 0.05) is 0 Å². The van der Waals surface area contributed by atoms with Gasteiger partial charge in [-0.25, -0.2) is 13.8 Å². The highest BCUT2D eigenvalue weighted by atomic mass is 79.9. The number of hydrogen-bond donors (Lipinski definition) is 1. The van der Waals surface area contributed by atoms with Crippen LogP contribution in [0.1, 0.15) is 12.1 Å². The van der Waals surface area contributed by atoms with Gasteiger partial charge in [0.1, 0.15) is 10.3 Å². The Morgan fingerprint density at radius 3 is 2.58 bits per heavy atom. The van der Waals surface area contributed by atoms with E-state index >= 15 is 0 Å². The number of aromatic nitrogens is 1. The number of nitrogens with zero attached hydrogens (tertiary/aromatic N) is 1. The molecule has 6 heteroatoms. The van der Waals surface area contributed by atoms with Crippen molar-refractivity contribution in [2.45, 2.75) is 6.43 Å². The summed E-state index contributed by atoms with van der Waals surface area (Å²) in [5.41, 5.74) is 5.03. The Hall–Kier alpha value is -0.420. The molecule has 12 heavy (non-hydrogen) atoms. The molecule has 1 heterocycles. The lowest BCUT2D eigenvalue weighted by atomic mass is 10.3. The summed E-state index contributed by atoms with van der Waals surface area (Å²) in [5.74, 6) is 0. The van der Waals surface area contributed by atoms with E-state index in [2.05, 4.69) is 20.9 Å². The Kier molecular flexibility index (Phi) is 2.85. The summed E-state index contributed by atoms with van der Waals surface area (Å²) >= 11 is 8.48. The van der Waals surface area contributed by atoms with Gasteiger partial charge in [-0.3, -0.25) is 0 Å². The molecule has 0 amide bonds. The SMILES string of the molecule is Nc1cc(C(F)F)nc(Br)c1Cl. The minimum Gasteiger partial charge on any atom is -0.397 e. The summed E-state index contributed by atoms with van der Waals surface area (Å²) in [7, 11) is 0. The molecule has 1 aromatic rings. The summed E-state index contributed by atoms with van der Waals surface area (Å²) in [6.45, 7) is 0. The second-order valence-corrected chi connectivity index (χ2v) is 3.17. The first kappa shape index (κ1) is 9.67. The fourth-order valence-electron chi connectivity index (χ4n) is 0.648. The predicted octanol–water partition coefficient (Wildman–Crippen LogP) is 3.02. The maximum Gasteiger partial charge on any atom is 0.280 e. The molecule has 0 radical (unpaired) electrons. The molecule has 0 aromatic carbocycles. The standard InChI is InChI=1S/C6H4BrClF2N2/c7-5-4(8)2(11)1-3(12-5)6(9)10/h1,6H,(H2,11,12). The first-order valence-corrected chi connectivity index (χ1v) is 4.09.